The van der Waals surface area contributed by atoms with Crippen LogP contribution in [-0.2, 0) is 6.54 Å². The number of hydrogen-bond donors (Lipinski definition) is 3. The van der Waals surface area contributed by atoms with Gasteiger partial charge < -0.3 is 15.4 Å². The Morgan fingerprint density at radius 3 is 2.49 bits per heavy atom. The maximum absolute atomic E-state index is 9.29. The molecule has 1 aliphatic rings. The molecule has 37 heavy (non-hydrogen) atoms. The zero-order chi connectivity index (χ0) is 25.8. The van der Waals surface area contributed by atoms with Gasteiger partial charge >= 0.3 is 0 Å². The SMILES string of the molecule is CSNc1ccc(CN2CCC(Nc3nc(Nc4c(C)cc(C#N)cc4C)c4ccsc4n3)CC2)cc1. The van der Waals surface area contributed by atoms with E-state index < -0.39 is 0 Å². The Morgan fingerprint density at radius 1 is 1.08 bits per heavy atom. The molecule has 0 unspecified atom stereocenters. The van der Waals surface area contributed by atoms with E-state index in [0.717, 1.165) is 71.0 Å². The molecule has 5 rings (SSSR count). The summed E-state index contributed by atoms with van der Waals surface area (Å²) in [6, 6.07) is 17.1. The molecule has 2 aromatic heterocycles. The monoisotopic (exact) mass is 529 g/mol. The van der Waals surface area contributed by atoms with Crippen molar-refractivity contribution < 1.29 is 0 Å². The lowest BCUT2D eigenvalue weighted by molar-refractivity contribution is 0.211. The third-order valence-corrected chi connectivity index (χ3v) is 7.98. The minimum absolute atomic E-state index is 0.341. The summed E-state index contributed by atoms with van der Waals surface area (Å²) in [5.74, 6) is 1.46. The Bertz CT molecular complexity index is 1390. The maximum Gasteiger partial charge on any atom is 0.226 e. The summed E-state index contributed by atoms with van der Waals surface area (Å²) in [5.41, 5.74) is 6.18. The molecule has 0 amide bonds. The number of fused-ring (bicyclic) bond motifs is 1. The molecule has 0 saturated carbocycles. The highest BCUT2D eigenvalue weighted by atomic mass is 32.2. The van der Waals surface area contributed by atoms with Crippen molar-refractivity contribution in [2.75, 3.05) is 34.7 Å². The normalized spacial score (nSPS) is 14.4. The minimum Gasteiger partial charge on any atom is -0.351 e. The van der Waals surface area contributed by atoms with Crippen LogP contribution in [0.5, 0.6) is 0 Å². The van der Waals surface area contributed by atoms with E-state index in [1.165, 1.54) is 5.56 Å². The van der Waals surface area contributed by atoms with Crippen LogP contribution in [0.4, 0.5) is 23.1 Å². The third-order valence-electron chi connectivity index (χ3n) is 6.73. The van der Waals surface area contributed by atoms with E-state index in [9.17, 15) is 5.26 Å². The van der Waals surface area contributed by atoms with E-state index >= 15 is 0 Å². The van der Waals surface area contributed by atoms with Gasteiger partial charge in [0, 0.05) is 43.3 Å². The van der Waals surface area contributed by atoms with E-state index in [4.69, 9.17) is 9.97 Å². The van der Waals surface area contributed by atoms with Crippen molar-refractivity contribution in [3.8, 4) is 6.07 Å². The average molecular weight is 530 g/mol. The first-order valence-electron chi connectivity index (χ1n) is 12.4. The maximum atomic E-state index is 9.29. The standard InChI is InChI=1S/C28H31N7S2/c1-18-14-21(16-29)15-19(2)25(18)31-26-24-10-13-37-27(24)33-28(32-26)30-22-8-11-35(12-9-22)17-20-4-6-23(7-5-20)34-36-3/h4-7,10,13-15,22,34H,8-9,11-12,17H2,1-3H3,(H2,30,31,32,33). The van der Waals surface area contributed by atoms with E-state index in [-0.39, 0.29) is 0 Å². The van der Waals surface area contributed by atoms with Gasteiger partial charge in [-0.3, -0.25) is 4.90 Å². The first-order valence-corrected chi connectivity index (χ1v) is 14.5. The molecule has 0 atom stereocenters. The number of anilines is 4. The predicted octanol–water partition coefficient (Wildman–Crippen LogP) is 6.69. The minimum atomic E-state index is 0.341. The topological polar surface area (TPSA) is 88.9 Å². The number of hydrogen-bond acceptors (Lipinski definition) is 9. The van der Waals surface area contributed by atoms with Gasteiger partial charge in [0.2, 0.25) is 5.95 Å². The molecule has 1 fully saturated rings. The number of aryl methyl sites for hydroxylation is 2. The number of thiophene rings is 1. The van der Waals surface area contributed by atoms with Crippen molar-refractivity contribution in [1.29, 1.82) is 5.26 Å². The van der Waals surface area contributed by atoms with Crippen LogP contribution in [0.2, 0.25) is 0 Å². The van der Waals surface area contributed by atoms with Crippen LogP contribution in [0.3, 0.4) is 0 Å². The highest BCUT2D eigenvalue weighted by Crippen LogP contribution is 2.32. The number of likely N-dealkylation sites (tertiary alicyclic amines) is 1. The van der Waals surface area contributed by atoms with Gasteiger partial charge in [-0.25, -0.2) is 4.98 Å². The molecule has 0 spiro atoms. The van der Waals surface area contributed by atoms with Crippen LogP contribution in [0.15, 0.2) is 47.8 Å². The fourth-order valence-corrected chi connectivity index (χ4v) is 5.97. The molecule has 0 aliphatic carbocycles. The van der Waals surface area contributed by atoms with Crippen LogP contribution < -0.4 is 15.4 Å². The predicted molar refractivity (Wildman–Crippen MR) is 157 cm³/mol. The van der Waals surface area contributed by atoms with Crippen LogP contribution in [0, 0.1) is 25.2 Å². The summed E-state index contributed by atoms with van der Waals surface area (Å²) >= 11 is 3.23. The van der Waals surface area contributed by atoms with Crippen molar-refractivity contribution in [2.24, 2.45) is 0 Å². The van der Waals surface area contributed by atoms with E-state index in [0.29, 0.717) is 17.6 Å². The lowest BCUT2D eigenvalue weighted by Gasteiger charge is -2.32. The van der Waals surface area contributed by atoms with Crippen LogP contribution >= 0.6 is 23.3 Å². The summed E-state index contributed by atoms with van der Waals surface area (Å²) in [5, 5.41) is 19.5. The molecule has 3 heterocycles. The summed E-state index contributed by atoms with van der Waals surface area (Å²) in [6.07, 6.45) is 4.13. The smallest absolute Gasteiger partial charge is 0.226 e. The molecule has 9 heteroatoms. The Balaban J connectivity index is 1.25. The van der Waals surface area contributed by atoms with Gasteiger partial charge in [0.05, 0.1) is 17.0 Å². The average Bonchev–Trinajstić information content (AvgIpc) is 3.37. The van der Waals surface area contributed by atoms with Crippen molar-refractivity contribution in [3.63, 3.8) is 0 Å². The molecule has 1 aliphatic heterocycles. The van der Waals surface area contributed by atoms with Crippen molar-refractivity contribution in [3.05, 3.63) is 70.1 Å². The molecule has 0 radical (unpaired) electrons. The number of aromatic nitrogens is 2. The van der Waals surface area contributed by atoms with Gasteiger partial charge in [-0.1, -0.05) is 24.1 Å². The Labute approximate surface area is 226 Å². The Kier molecular flexibility index (Phi) is 7.79. The molecule has 3 N–H and O–H groups in total. The van der Waals surface area contributed by atoms with Gasteiger partial charge in [-0.05, 0) is 79.1 Å². The molecule has 1 saturated heterocycles. The van der Waals surface area contributed by atoms with Gasteiger partial charge in [0.15, 0.2) is 0 Å². The number of nitrogens with zero attached hydrogens (tertiary/aromatic N) is 4. The van der Waals surface area contributed by atoms with Gasteiger partial charge in [0.25, 0.3) is 0 Å². The zero-order valence-corrected chi connectivity index (χ0v) is 23.0. The lowest BCUT2D eigenvalue weighted by Crippen LogP contribution is -2.39. The van der Waals surface area contributed by atoms with Crippen LogP contribution in [0.1, 0.15) is 35.1 Å². The van der Waals surface area contributed by atoms with E-state index in [1.54, 1.807) is 23.3 Å². The number of nitriles is 1. The first-order chi connectivity index (χ1) is 18.0. The molecular formula is C28H31N7S2. The van der Waals surface area contributed by atoms with E-state index in [2.05, 4.69) is 62.0 Å². The second-order valence-corrected chi connectivity index (χ2v) is 11.0. The zero-order valence-electron chi connectivity index (χ0n) is 21.3. The highest BCUT2D eigenvalue weighted by Gasteiger charge is 2.21. The highest BCUT2D eigenvalue weighted by molar-refractivity contribution is 7.99. The molecule has 0 bridgehead atoms. The quantitative estimate of drug-likeness (QED) is 0.218. The Morgan fingerprint density at radius 2 is 1.81 bits per heavy atom. The summed E-state index contributed by atoms with van der Waals surface area (Å²) < 4.78 is 3.27. The summed E-state index contributed by atoms with van der Waals surface area (Å²) in [6.45, 7) is 7.09. The summed E-state index contributed by atoms with van der Waals surface area (Å²) in [7, 11) is 0. The molecule has 190 valence electrons. The number of rotatable bonds is 8. The van der Waals surface area contributed by atoms with Crippen LogP contribution in [-0.4, -0.2) is 40.3 Å². The van der Waals surface area contributed by atoms with E-state index in [1.807, 2.05) is 32.2 Å². The Hall–Kier alpha value is -3.32. The van der Waals surface area contributed by atoms with Crippen molar-refractivity contribution in [1.82, 2.24) is 14.9 Å². The fraction of sp³-hybridized carbons (Fsp3) is 0.321. The van der Waals surface area contributed by atoms with Gasteiger partial charge in [-0.2, -0.15) is 10.2 Å². The number of piperidine rings is 1. The largest absolute Gasteiger partial charge is 0.351 e. The molecule has 7 nitrogen and oxygen atoms in total. The summed E-state index contributed by atoms with van der Waals surface area (Å²) in [4.78, 5) is 13.2. The number of benzene rings is 2. The first kappa shape index (κ1) is 25.3. The van der Waals surface area contributed by atoms with Crippen molar-refractivity contribution >= 4 is 56.6 Å². The molecule has 4 aromatic rings. The number of nitrogens with one attached hydrogen (secondary N) is 3. The van der Waals surface area contributed by atoms with Crippen molar-refractivity contribution in [2.45, 2.75) is 39.3 Å². The van der Waals surface area contributed by atoms with Gasteiger partial charge in [0.1, 0.15) is 10.6 Å². The second kappa shape index (κ2) is 11.4. The lowest BCUT2D eigenvalue weighted by atomic mass is 10.0. The van der Waals surface area contributed by atoms with Gasteiger partial charge in [-0.15, -0.1) is 11.3 Å². The third kappa shape index (κ3) is 5.99. The molecular weight excluding hydrogens is 498 g/mol. The fourth-order valence-electron chi connectivity index (χ4n) is 4.83. The van der Waals surface area contributed by atoms with Crippen LogP contribution in [0.25, 0.3) is 10.2 Å². The molecule has 2 aromatic carbocycles. The second-order valence-electron chi connectivity index (χ2n) is 9.45.